The highest BCUT2D eigenvalue weighted by Gasteiger charge is 2.23. The number of H-pyrrole nitrogens is 1. The third-order valence-corrected chi connectivity index (χ3v) is 2.66. The second kappa shape index (κ2) is 3.43. The number of aromatic amines is 1. The number of fused-ring (bicyclic) bond motifs is 1. The zero-order valence-corrected chi connectivity index (χ0v) is 8.14. The molecule has 1 aliphatic heterocycles. The van der Waals surface area contributed by atoms with Gasteiger partial charge in [0.15, 0.2) is 0 Å². The van der Waals surface area contributed by atoms with Crippen LogP contribution in [0.15, 0.2) is 25.0 Å². The van der Waals surface area contributed by atoms with Crippen LogP contribution < -0.4 is 5.32 Å². The highest BCUT2D eigenvalue weighted by atomic mass is 15.0. The van der Waals surface area contributed by atoms with Crippen LogP contribution >= 0.6 is 0 Å². The zero-order valence-electron chi connectivity index (χ0n) is 8.14. The zero-order chi connectivity index (χ0) is 10.1. The standard InChI is InChI=1S/C10H11N5/c1-2-13-9(7-3-11-5-12-4-7)10-8(1)14-6-15-10/h3-6,9,13H,1-2H2,(H,14,15). The molecule has 0 bridgehead atoms. The van der Waals surface area contributed by atoms with Gasteiger partial charge in [-0.15, -0.1) is 0 Å². The molecule has 5 nitrogen and oxygen atoms in total. The van der Waals surface area contributed by atoms with Crippen molar-refractivity contribution in [3.05, 3.63) is 42.0 Å². The van der Waals surface area contributed by atoms with E-state index in [9.17, 15) is 0 Å². The van der Waals surface area contributed by atoms with Crippen molar-refractivity contribution >= 4 is 0 Å². The van der Waals surface area contributed by atoms with Crippen LogP contribution in [0.5, 0.6) is 0 Å². The van der Waals surface area contributed by atoms with Crippen molar-refractivity contribution in [1.82, 2.24) is 25.3 Å². The molecule has 3 heterocycles. The summed E-state index contributed by atoms with van der Waals surface area (Å²) in [6.07, 6.45) is 7.94. The highest BCUT2D eigenvalue weighted by Crippen LogP contribution is 2.24. The summed E-state index contributed by atoms with van der Waals surface area (Å²) in [5.41, 5.74) is 3.34. The lowest BCUT2D eigenvalue weighted by molar-refractivity contribution is 0.550. The van der Waals surface area contributed by atoms with E-state index in [1.54, 1.807) is 6.33 Å². The van der Waals surface area contributed by atoms with E-state index < -0.39 is 0 Å². The maximum absolute atomic E-state index is 4.34. The Hall–Kier alpha value is -1.75. The second-order valence-electron chi connectivity index (χ2n) is 3.58. The molecule has 0 saturated carbocycles. The third kappa shape index (κ3) is 1.41. The SMILES string of the molecule is c1ncc(C2NCCc3[nH]cnc32)cn1. The van der Waals surface area contributed by atoms with Gasteiger partial charge in [0.1, 0.15) is 6.33 Å². The molecule has 0 saturated heterocycles. The number of hydrogen-bond acceptors (Lipinski definition) is 4. The number of imidazole rings is 1. The first kappa shape index (κ1) is 8.55. The molecule has 2 aromatic heterocycles. The Kier molecular flexibility index (Phi) is 1.96. The normalized spacial score (nSPS) is 19.9. The number of nitrogens with zero attached hydrogens (tertiary/aromatic N) is 3. The Labute approximate surface area is 87.0 Å². The van der Waals surface area contributed by atoms with E-state index in [4.69, 9.17) is 0 Å². The van der Waals surface area contributed by atoms with Crippen LogP contribution in [0.3, 0.4) is 0 Å². The molecule has 0 aliphatic carbocycles. The minimum atomic E-state index is 0.126. The molecule has 0 radical (unpaired) electrons. The summed E-state index contributed by atoms with van der Waals surface area (Å²) in [7, 11) is 0. The van der Waals surface area contributed by atoms with E-state index in [2.05, 4.69) is 25.3 Å². The average molecular weight is 201 g/mol. The van der Waals surface area contributed by atoms with Gasteiger partial charge in [0.05, 0.1) is 18.1 Å². The lowest BCUT2D eigenvalue weighted by atomic mass is 10.0. The molecule has 5 heteroatoms. The highest BCUT2D eigenvalue weighted by molar-refractivity contribution is 5.29. The van der Waals surface area contributed by atoms with Gasteiger partial charge in [-0.25, -0.2) is 15.0 Å². The van der Waals surface area contributed by atoms with Gasteiger partial charge in [-0.2, -0.15) is 0 Å². The summed E-state index contributed by atoms with van der Waals surface area (Å²) in [5.74, 6) is 0. The first-order valence-electron chi connectivity index (χ1n) is 4.95. The van der Waals surface area contributed by atoms with Gasteiger partial charge in [-0.1, -0.05) is 0 Å². The van der Waals surface area contributed by atoms with Crippen LogP contribution in [0.1, 0.15) is 23.0 Å². The van der Waals surface area contributed by atoms with Crippen LogP contribution in [0, 0.1) is 0 Å². The Bertz CT molecular complexity index is 450. The first-order valence-corrected chi connectivity index (χ1v) is 4.95. The van der Waals surface area contributed by atoms with Crippen LogP contribution in [-0.4, -0.2) is 26.5 Å². The predicted molar refractivity (Wildman–Crippen MR) is 54.2 cm³/mol. The van der Waals surface area contributed by atoms with Gasteiger partial charge >= 0.3 is 0 Å². The average Bonchev–Trinajstić information content (AvgIpc) is 2.78. The summed E-state index contributed by atoms with van der Waals surface area (Å²) in [4.78, 5) is 15.6. The molecular weight excluding hydrogens is 190 g/mol. The lowest BCUT2D eigenvalue weighted by Crippen LogP contribution is -2.30. The van der Waals surface area contributed by atoms with Crippen molar-refractivity contribution in [2.24, 2.45) is 0 Å². The summed E-state index contributed by atoms with van der Waals surface area (Å²) in [6, 6.07) is 0.126. The van der Waals surface area contributed by atoms with E-state index in [0.29, 0.717) is 0 Å². The van der Waals surface area contributed by atoms with E-state index >= 15 is 0 Å². The number of rotatable bonds is 1. The minimum Gasteiger partial charge on any atom is -0.348 e. The molecule has 2 aromatic rings. The number of hydrogen-bond donors (Lipinski definition) is 2. The fraction of sp³-hybridized carbons (Fsp3) is 0.300. The van der Waals surface area contributed by atoms with Gasteiger partial charge in [0.25, 0.3) is 0 Å². The van der Waals surface area contributed by atoms with E-state index in [1.165, 1.54) is 12.0 Å². The van der Waals surface area contributed by atoms with Gasteiger partial charge in [0, 0.05) is 36.6 Å². The van der Waals surface area contributed by atoms with E-state index in [1.807, 2.05) is 12.4 Å². The number of aromatic nitrogens is 4. The van der Waals surface area contributed by atoms with Crippen LogP contribution in [0.4, 0.5) is 0 Å². The van der Waals surface area contributed by atoms with Crippen molar-refractivity contribution < 1.29 is 0 Å². The predicted octanol–water partition coefficient (Wildman–Crippen LogP) is 0.435. The van der Waals surface area contributed by atoms with Crippen molar-refractivity contribution in [3.8, 4) is 0 Å². The monoisotopic (exact) mass is 201 g/mol. The fourth-order valence-corrected chi connectivity index (χ4v) is 1.95. The molecule has 1 aliphatic rings. The third-order valence-electron chi connectivity index (χ3n) is 2.66. The Morgan fingerprint density at radius 2 is 2.13 bits per heavy atom. The molecule has 0 aromatic carbocycles. The van der Waals surface area contributed by atoms with Gasteiger partial charge in [-0.05, 0) is 0 Å². The maximum Gasteiger partial charge on any atom is 0.115 e. The number of nitrogens with one attached hydrogen (secondary N) is 2. The molecule has 15 heavy (non-hydrogen) atoms. The molecule has 0 amide bonds. The molecule has 0 spiro atoms. The van der Waals surface area contributed by atoms with E-state index in [0.717, 1.165) is 24.2 Å². The fourth-order valence-electron chi connectivity index (χ4n) is 1.95. The molecule has 2 N–H and O–H groups in total. The molecule has 3 rings (SSSR count). The van der Waals surface area contributed by atoms with Gasteiger partial charge in [-0.3, -0.25) is 0 Å². The summed E-state index contributed by atoms with van der Waals surface area (Å²) < 4.78 is 0. The smallest absolute Gasteiger partial charge is 0.115 e. The van der Waals surface area contributed by atoms with E-state index in [-0.39, 0.29) is 6.04 Å². The largest absolute Gasteiger partial charge is 0.348 e. The summed E-state index contributed by atoms with van der Waals surface area (Å²) in [5, 5.41) is 3.42. The Morgan fingerprint density at radius 1 is 1.27 bits per heavy atom. The van der Waals surface area contributed by atoms with Crippen molar-refractivity contribution in [2.45, 2.75) is 12.5 Å². The quantitative estimate of drug-likeness (QED) is 0.702. The molecule has 1 unspecified atom stereocenters. The van der Waals surface area contributed by atoms with Gasteiger partial charge in [0.2, 0.25) is 0 Å². The topological polar surface area (TPSA) is 66.5 Å². The Balaban J connectivity index is 2.03. The van der Waals surface area contributed by atoms with Crippen LogP contribution in [0.2, 0.25) is 0 Å². The molecule has 1 atom stereocenters. The second-order valence-corrected chi connectivity index (χ2v) is 3.58. The summed E-state index contributed by atoms with van der Waals surface area (Å²) >= 11 is 0. The Morgan fingerprint density at radius 3 is 3.00 bits per heavy atom. The van der Waals surface area contributed by atoms with Crippen molar-refractivity contribution in [1.29, 1.82) is 0 Å². The first-order chi connectivity index (χ1) is 7.45. The van der Waals surface area contributed by atoms with Gasteiger partial charge < -0.3 is 10.3 Å². The van der Waals surface area contributed by atoms with Crippen molar-refractivity contribution in [2.75, 3.05) is 6.54 Å². The minimum absolute atomic E-state index is 0.126. The summed E-state index contributed by atoms with van der Waals surface area (Å²) in [6.45, 7) is 0.953. The maximum atomic E-state index is 4.34. The van der Waals surface area contributed by atoms with Crippen molar-refractivity contribution in [3.63, 3.8) is 0 Å². The molecule has 76 valence electrons. The molecule has 0 fully saturated rings. The van der Waals surface area contributed by atoms with Crippen LogP contribution in [0.25, 0.3) is 0 Å². The van der Waals surface area contributed by atoms with Crippen LogP contribution in [-0.2, 0) is 6.42 Å². The lowest BCUT2D eigenvalue weighted by Gasteiger charge is -2.22. The molecular formula is C10H11N5.